The van der Waals surface area contributed by atoms with Gasteiger partial charge in [0, 0.05) is 33.1 Å². The summed E-state index contributed by atoms with van der Waals surface area (Å²) in [6.45, 7) is 4.99. The van der Waals surface area contributed by atoms with Gasteiger partial charge in [-0.05, 0) is 18.9 Å². The van der Waals surface area contributed by atoms with Gasteiger partial charge in [-0.15, -0.1) is 0 Å². The number of hydrogen-bond acceptors (Lipinski definition) is 5. The Labute approximate surface area is 136 Å². The third kappa shape index (κ3) is 4.51. The normalized spacial score (nSPS) is 15.1. The molecule has 1 aromatic heterocycles. The predicted molar refractivity (Wildman–Crippen MR) is 87.7 cm³/mol. The summed E-state index contributed by atoms with van der Waals surface area (Å²) in [6, 6.07) is 0. The van der Waals surface area contributed by atoms with Gasteiger partial charge in [0.05, 0.1) is 24.6 Å². The van der Waals surface area contributed by atoms with Gasteiger partial charge in [-0.25, -0.2) is 9.97 Å². The van der Waals surface area contributed by atoms with Crippen LogP contribution < -0.4 is 10.2 Å². The van der Waals surface area contributed by atoms with Gasteiger partial charge in [0.25, 0.3) is 0 Å². The molecule has 0 spiro atoms. The zero-order valence-electron chi connectivity index (χ0n) is 13.7. The molecule has 2 amide bonds. The van der Waals surface area contributed by atoms with E-state index in [9.17, 15) is 9.59 Å². The van der Waals surface area contributed by atoms with Crippen LogP contribution in [-0.4, -0.2) is 53.9 Å². The molecule has 0 aromatic carbocycles. The predicted octanol–water partition coefficient (Wildman–Crippen LogP) is 0.583. The molecule has 1 aliphatic heterocycles. The van der Waals surface area contributed by atoms with E-state index in [0.717, 1.165) is 5.69 Å². The summed E-state index contributed by atoms with van der Waals surface area (Å²) in [7, 11) is 3.84. The van der Waals surface area contributed by atoms with Crippen LogP contribution >= 0.6 is 0 Å². The molecule has 1 N–H and O–H groups in total. The highest BCUT2D eigenvalue weighted by Crippen LogP contribution is 2.17. The largest absolute Gasteiger partial charge is 0.375 e. The summed E-state index contributed by atoms with van der Waals surface area (Å²) in [5.41, 5.74) is 0.916. The SMILES string of the molecule is C=CC(=O)N1CCC(C(=O)NCc2ncc(N(C)C)cn2)CC1. The van der Waals surface area contributed by atoms with Crippen molar-refractivity contribution >= 4 is 17.5 Å². The molecule has 1 aromatic rings. The topological polar surface area (TPSA) is 78.4 Å². The average Bonchev–Trinajstić information content (AvgIpc) is 2.59. The van der Waals surface area contributed by atoms with E-state index < -0.39 is 0 Å². The standard InChI is InChI=1S/C16H23N5O2/c1-4-15(22)21-7-5-12(6-8-21)16(23)19-11-14-17-9-13(10-18-14)20(2)3/h4,9-10,12H,1,5-8,11H2,2-3H3,(H,19,23). The van der Waals surface area contributed by atoms with Crippen LogP contribution in [0.2, 0.25) is 0 Å². The third-order valence-electron chi connectivity index (χ3n) is 3.98. The van der Waals surface area contributed by atoms with E-state index in [2.05, 4.69) is 21.9 Å². The van der Waals surface area contributed by atoms with Crippen LogP contribution in [0.3, 0.4) is 0 Å². The van der Waals surface area contributed by atoms with E-state index in [0.29, 0.717) is 38.3 Å². The first-order valence-electron chi connectivity index (χ1n) is 7.68. The fourth-order valence-electron chi connectivity index (χ4n) is 2.47. The first-order chi connectivity index (χ1) is 11.0. The lowest BCUT2D eigenvalue weighted by Gasteiger charge is -2.30. The van der Waals surface area contributed by atoms with Crippen LogP contribution in [0.5, 0.6) is 0 Å². The fraction of sp³-hybridized carbons (Fsp3) is 0.500. The Morgan fingerprint density at radius 2 is 1.96 bits per heavy atom. The zero-order chi connectivity index (χ0) is 16.8. The minimum atomic E-state index is -0.0711. The quantitative estimate of drug-likeness (QED) is 0.804. The van der Waals surface area contributed by atoms with Gasteiger partial charge in [-0.3, -0.25) is 9.59 Å². The molecule has 0 radical (unpaired) electrons. The third-order valence-corrected chi connectivity index (χ3v) is 3.98. The highest BCUT2D eigenvalue weighted by atomic mass is 16.2. The van der Waals surface area contributed by atoms with Crippen molar-refractivity contribution in [2.75, 3.05) is 32.1 Å². The number of nitrogens with one attached hydrogen (secondary N) is 1. The highest BCUT2D eigenvalue weighted by molar-refractivity contribution is 5.87. The Balaban J connectivity index is 1.79. The molecular weight excluding hydrogens is 294 g/mol. The van der Waals surface area contributed by atoms with Crippen molar-refractivity contribution in [3.63, 3.8) is 0 Å². The maximum absolute atomic E-state index is 12.2. The number of aromatic nitrogens is 2. The summed E-state index contributed by atoms with van der Waals surface area (Å²) in [5, 5.41) is 2.87. The van der Waals surface area contributed by atoms with Crippen LogP contribution in [0.1, 0.15) is 18.7 Å². The molecule has 2 rings (SSSR count). The number of anilines is 1. The minimum absolute atomic E-state index is 0.00371. The van der Waals surface area contributed by atoms with Crippen molar-refractivity contribution in [1.82, 2.24) is 20.2 Å². The van der Waals surface area contributed by atoms with Crippen molar-refractivity contribution < 1.29 is 9.59 Å². The first-order valence-corrected chi connectivity index (χ1v) is 7.68. The molecule has 2 heterocycles. The van der Waals surface area contributed by atoms with Crippen LogP contribution in [0, 0.1) is 5.92 Å². The molecule has 1 aliphatic rings. The molecule has 0 aliphatic carbocycles. The average molecular weight is 317 g/mol. The van der Waals surface area contributed by atoms with E-state index in [1.807, 2.05) is 19.0 Å². The van der Waals surface area contributed by atoms with Crippen molar-refractivity contribution in [1.29, 1.82) is 0 Å². The molecule has 7 nitrogen and oxygen atoms in total. The Morgan fingerprint density at radius 3 is 2.48 bits per heavy atom. The van der Waals surface area contributed by atoms with Crippen molar-refractivity contribution in [3.05, 3.63) is 30.9 Å². The summed E-state index contributed by atoms with van der Waals surface area (Å²) in [5.74, 6) is 0.447. The lowest BCUT2D eigenvalue weighted by molar-refractivity contribution is -0.132. The number of carbonyl (C=O) groups excluding carboxylic acids is 2. The molecule has 0 atom stereocenters. The van der Waals surface area contributed by atoms with Crippen LogP contribution in [-0.2, 0) is 16.1 Å². The van der Waals surface area contributed by atoms with Gasteiger partial charge in [0.15, 0.2) is 0 Å². The van der Waals surface area contributed by atoms with Gasteiger partial charge >= 0.3 is 0 Å². The lowest BCUT2D eigenvalue weighted by Crippen LogP contribution is -2.42. The van der Waals surface area contributed by atoms with Crippen molar-refractivity contribution in [2.45, 2.75) is 19.4 Å². The van der Waals surface area contributed by atoms with Gasteiger partial charge in [-0.1, -0.05) is 6.58 Å². The van der Waals surface area contributed by atoms with E-state index >= 15 is 0 Å². The van der Waals surface area contributed by atoms with E-state index in [4.69, 9.17) is 0 Å². The molecule has 0 bridgehead atoms. The molecular formula is C16H23N5O2. The summed E-state index contributed by atoms with van der Waals surface area (Å²) in [4.78, 5) is 35.8. The van der Waals surface area contributed by atoms with Crippen molar-refractivity contribution in [3.8, 4) is 0 Å². The monoisotopic (exact) mass is 317 g/mol. The van der Waals surface area contributed by atoms with Gasteiger partial charge in [0.1, 0.15) is 5.82 Å². The van der Waals surface area contributed by atoms with Gasteiger partial charge < -0.3 is 15.1 Å². The van der Waals surface area contributed by atoms with Crippen molar-refractivity contribution in [2.24, 2.45) is 5.92 Å². The molecule has 1 saturated heterocycles. The van der Waals surface area contributed by atoms with Crippen LogP contribution in [0.4, 0.5) is 5.69 Å². The number of hydrogen-bond donors (Lipinski definition) is 1. The molecule has 23 heavy (non-hydrogen) atoms. The number of nitrogens with zero attached hydrogens (tertiary/aromatic N) is 4. The second-order valence-corrected chi connectivity index (χ2v) is 5.77. The Morgan fingerprint density at radius 1 is 1.35 bits per heavy atom. The Kier molecular flexibility index (Phi) is 5.67. The maximum atomic E-state index is 12.2. The second-order valence-electron chi connectivity index (χ2n) is 5.77. The van der Waals surface area contributed by atoms with E-state index in [1.54, 1.807) is 17.3 Å². The first kappa shape index (κ1) is 16.9. The van der Waals surface area contributed by atoms with Gasteiger partial charge in [0.2, 0.25) is 11.8 Å². The number of likely N-dealkylation sites (tertiary alicyclic amines) is 1. The summed E-state index contributed by atoms with van der Waals surface area (Å²) in [6.07, 6.45) is 6.12. The minimum Gasteiger partial charge on any atom is -0.375 e. The molecule has 0 unspecified atom stereocenters. The molecule has 0 saturated carbocycles. The van der Waals surface area contributed by atoms with Crippen LogP contribution in [0.15, 0.2) is 25.0 Å². The fourth-order valence-corrected chi connectivity index (χ4v) is 2.47. The summed E-state index contributed by atoms with van der Waals surface area (Å²) >= 11 is 0. The Bertz CT molecular complexity index is 562. The Hall–Kier alpha value is -2.44. The van der Waals surface area contributed by atoms with Gasteiger partial charge in [-0.2, -0.15) is 0 Å². The summed E-state index contributed by atoms with van der Waals surface area (Å²) < 4.78 is 0. The zero-order valence-corrected chi connectivity index (χ0v) is 13.7. The highest BCUT2D eigenvalue weighted by Gasteiger charge is 2.26. The molecule has 1 fully saturated rings. The van der Waals surface area contributed by atoms with Crippen LogP contribution in [0.25, 0.3) is 0 Å². The second kappa shape index (κ2) is 7.71. The smallest absolute Gasteiger partial charge is 0.245 e. The molecule has 124 valence electrons. The maximum Gasteiger partial charge on any atom is 0.245 e. The molecule has 7 heteroatoms. The van der Waals surface area contributed by atoms with E-state index in [1.165, 1.54) is 6.08 Å². The number of amides is 2. The lowest BCUT2D eigenvalue weighted by atomic mass is 9.96. The number of rotatable bonds is 5. The van der Waals surface area contributed by atoms with E-state index in [-0.39, 0.29) is 17.7 Å². The number of carbonyl (C=O) groups is 2. The number of piperidine rings is 1.